The number of primary amides is 1. The molecule has 10 heteroatoms. The molecular weight excluding hydrogens is 412 g/mol. The Balaban J connectivity index is 1.87. The average molecular weight is 435 g/mol. The van der Waals surface area contributed by atoms with E-state index in [9.17, 15) is 14.7 Å². The minimum absolute atomic E-state index is 0.120. The fourth-order valence-corrected chi connectivity index (χ4v) is 3.29. The number of benzene rings is 1. The summed E-state index contributed by atoms with van der Waals surface area (Å²) < 4.78 is 13.3. The van der Waals surface area contributed by atoms with Crippen LogP contribution in [0, 0.1) is 6.92 Å². The molecule has 0 aliphatic heterocycles. The minimum atomic E-state index is -1.19. The molecule has 0 fully saturated rings. The zero-order valence-electron chi connectivity index (χ0n) is 16.8. The van der Waals surface area contributed by atoms with E-state index in [1.807, 2.05) is 13.8 Å². The third kappa shape index (κ3) is 4.27. The summed E-state index contributed by atoms with van der Waals surface area (Å²) in [6.45, 7) is 5.20. The number of aromatic nitrogens is 2. The van der Waals surface area contributed by atoms with Gasteiger partial charge in [0.25, 0.3) is 5.91 Å². The summed E-state index contributed by atoms with van der Waals surface area (Å²) in [4.78, 5) is 24.0. The molecule has 160 valence electrons. The molecule has 2 aromatic heterocycles. The van der Waals surface area contributed by atoms with Crippen LogP contribution in [-0.2, 0) is 11.4 Å². The number of halogens is 1. The molecule has 0 aliphatic rings. The molecule has 0 spiro atoms. The molecule has 3 rings (SSSR count). The summed E-state index contributed by atoms with van der Waals surface area (Å²) in [6.07, 6.45) is 1.57. The van der Waals surface area contributed by atoms with Crippen LogP contribution >= 0.6 is 11.6 Å². The number of aliphatic hydroxyl groups is 1. The van der Waals surface area contributed by atoms with Crippen LogP contribution in [0.25, 0.3) is 11.0 Å². The van der Waals surface area contributed by atoms with E-state index >= 15 is 0 Å². The van der Waals surface area contributed by atoms with E-state index in [1.54, 1.807) is 36.0 Å². The fourth-order valence-electron chi connectivity index (χ4n) is 3.11. The molecule has 9 nitrogen and oxygen atoms in total. The third-order valence-electron chi connectivity index (χ3n) is 4.61. The molecule has 1 atom stereocenters. The van der Waals surface area contributed by atoms with Crippen LogP contribution in [0.1, 0.15) is 41.7 Å². The summed E-state index contributed by atoms with van der Waals surface area (Å²) in [7, 11) is 0. The molecule has 2 amide bonds. The maximum Gasteiger partial charge on any atom is 0.256 e. The van der Waals surface area contributed by atoms with Gasteiger partial charge in [-0.05, 0) is 39.0 Å². The first-order valence-electron chi connectivity index (χ1n) is 9.31. The Hall–Kier alpha value is -3.04. The van der Waals surface area contributed by atoms with Crippen molar-refractivity contribution in [3.05, 3.63) is 46.4 Å². The maximum atomic E-state index is 12.7. The van der Waals surface area contributed by atoms with Crippen molar-refractivity contribution in [1.29, 1.82) is 0 Å². The number of aryl methyl sites for hydroxylation is 1. The van der Waals surface area contributed by atoms with E-state index < -0.39 is 24.5 Å². The Kier molecular flexibility index (Phi) is 6.33. The van der Waals surface area contributed by atoms with Crippen molar-refractivity contribution in [2.24, 2.45) is 5.73 Å². The van der Waals surface area contributed by atoms with Gasteiger partial charge in [0.15, 0.2) is 0 Å². The van der Waals surface area contributed by atoms with Gasteiger partial charge in [-0.3, -0.25) is 14.3 Å². The van der Waals surface area contributed by atoms with Crippen molar-refractivity contribution in [1.82, 2.24) is 15.1 Å². The van der Waals surface area contributed by atoms with E-state index in [2.05, 4.69) is 10.4 Å². The first-order valence-corrected chi connectivity index (χ1v) is 9.69. The van der Waals surface area contributed by atoms with Crippen molar-refractivity contribution < 1.29 is 23.8 Å². The Morgan fingerprint density at radius 3 is 2.77 bits per heavy atom. The van der Waals surface area contributed by atoms with Crippen molar-refractivity contribution in [3.63, 3.8) is 0 Å². The van der Waals surface area contributed by atoms with Crippen LogP contribution in [-0.4, -0.2) is 39.4 Å². The van der Waals surface area contributed by atoms with Crippen LogP contribution in [0.3, 0.4) is 0 Å². The normalized spacial score (nSPS) is 12.3. The zero-order valence-corrected chi connectivity index (χ0v) is 17.6. The number of amides is 2. The summed E-state index contributed by atoms with van der Waals surface area (Å²) in [5.74, 6) is -0.554. The number of carbonyl (C=O) groups excluding carboxylic acids is 2. The highest BCUT2D eigenvalue weighted by Gasteiger charge is 2.23. The van der Waals surface area contributed by atoms with Gasteiger partial charge in [-0.15, -0.1) is 0 Å². The Morgan fingerprint density at radius 1 is 1.40 bits per heavy atom. The number of hydrogen-bond acceptors (Lipinski definition) is 6. The van der Waals surface area contributed by atoms with Crippen molar-refractivity contribution in [2.75, 3.05) is 6.61 Å². The van der Waals surface area contributed by atoms with E-state index in [1.165, 1.54) is 0 Å². The molecule has 1 aromatic carbocycles. The predicted molar refractivity (Wildman–Crippen MR) is 110 cm³/mol. The molecular formula is C20H23ClN4O5. The first-order chi connectivity index (χ1) is 14.2. The number of furan rings is 1. The van der Waals surface area contributed by atoms with Gasteiger partial charge in [0.1, 0.15) is 29.7 Å². The van der Waals surface area contributed by atoms with Crippen molar-refractivity contribution in [2.45, 2.75) is 39.5 Å². The van der Waals surface area contributed by atoms with Gasteiger partial charge in [0.05, 0.1) is 29.1 Å². The van der Waals surface area contributed by atoms with Crippen molar-refractivity contribution in [3.8, 4) is 5.75 Å². The lowest BCUT2D eigenvalue weighted by Gasteiger charge is -2.13. The van der Waals surface area contributed by atoms with Crippen LogP contribution < -0.4 is 15.8 Å². The number of rotatable bonds is 8. The van der Waals surface area contributed by atoms with Crippen molar-refractivity contribution >= 4 is 34.4 Å². The molecule has 0 saturated heterocycles. The molecule has 0 unspecified atom stereocenters. The second-order valence-electron chi connectivity index (χ2n) is 7.07. The SMILES string of the molecule is Cc1oc2ccc(OCc3c(Cl)cnn3C(C)C)cc2c1C(=O)N[C@@H](CO)C(N)=O. The number of carbonyl (C=O) groups is 2. The number of aliphatic hydroxyl groups excluding tert-OH is 1. The second kappa shape index (κ2) is 8.76. The third-order valence-corrected chi connectivity index (χ3v) is 4.92. The molecule has 4 N–H and O–H groups in total. The highest BCUT2D eigenvalue weighted by atomic mass is 35.5. The summed E-state index contributed by atoms with van der Waals surface area (Å²) in [6, 6.07) is 4.00. The largest absolute Gasteiger partial charge is 0.487 e. The minimum Gasteiger partial charge on any atom is -0.487 e. The van der Waals surface area contributed by atoms with Gasteiger partial charge in [-0.1, -0.05) is 11.6 Å². The smallest absolute Gasteiger partial charge is 0.256 e. The molecule has 0 bridgehead atoms. The number of nitrogens with zero attached hydrogens (tertiary/aromatic N) is 2. The zero-order chi connectivity index (χ0) is 22.0. The molecule has 0 aliphatic carbocycles. The number of hydrogen-bond donors (Lipinski definition) is 3. The summed E-state index contributed by atoms with van der Waals surface area (Å²) in [5.41, 5.74) is 6.63. The lowest BCUT2D eigenvalue weighted by atomic mass is 10.1. The monoisotopic (exact) mass is 434 g/mol. The molecule has 30 heavy (non-hydrogen) atoms. The molecule has 2 heterocycles. The van der Waals surface area contributed by atoms with E-state index in [4.69, 9.17) is 26.5 Å². The Bertz CT molecular complexity index is 1090. The van der Waals surface area contributed by atoms with E-state index in [0.717, 1.165) is 5.69 Å². The standard InChI is InChI=1S/C20H23ClN4O5/c1-10(2)25-16(14(21)7-23-25)9-29-12-4-5-17-13(6-12)18(11(3)30-17)20(28)24-15(8-26)19(22)27/h4-7,10,15,26H,8-9H2,1-3H3,(H2,22,27)(H,24,28)/t15-/m0/s1. The van der Waals surface area contributed by atoms with Gasteiger partial charge in [0.2, 0.25) is 5.91 Å². The Morgan fingerprint density at radius 2 is 2.13 bits per heavy atom. The molecule has 3 aromatic rings. The number of nitrogens with one attached hydrogen (secondary N) is 1. The predicted octanol–water partition coefficient (Wildman–Crippen LogP) is 2.33. The van der Waals surface area contributed by atoms with Crippen LogP contribution in [0.4, 0.5) is 0 Å². The number of fused-ring (bicyclic) bond motifs is 1. The highest BCUT2D eigenvalue weighted by molar-refractivity contribution is 6.31. The van der Waals surface area contributed by atoms with Crippen LogP contribution in [0.5, 0.6) is 5.75 Å². The lowest BCUT2D eigenvalue weighted by Crippen LogP contribution is -2.46. The van der Waals surface area contributed by atoms with Gasteiger partial charge in [-0.2, -0.15) is 5.10 Å². The summed E-state index contributed by atoms with van der Waals surface area (Å²) >= 11 is 6.22. The number of ether oxygens (including phenoxy) is 1. The average Bonchev–Trinajstić information content (AvgIpc) is 3.22. The van der Waals surface area contributed by atoms with Crippen LogP contribution in [0.15, 0.2) is 28.8 Å². The quantitative estimate of drug-likeness (QED) is 0.498. The first kappa shape index (κ1) is 21.7. The topological polar surface area (TPSA) is 133 Å². The van der Waals surface area contributed by atoms with Crippen LogP contribution in [0.2, 0.25) is 5.02 Å². The van der Waals surface area contributed by atoms with Gasteiger partial charge >= 0.3 is 0 Å². The molecule has 0 saturated carbocycles. The molecule has 0 radical (unpaired) electrons. The van der Waals surface area contributed by atoms with Gasteiger partial charge in [-0.25, -0.2) is 0 Å². The van der Waals surface area contributed by atoms with E-state index in [-0.39, 0.29) is 18.2 Å². The summed E-state index contributed by atoms with van der Waals surface area (Å²) in [5, 5.41) is 16.9. The lowest BCUT2D eigenvalue weighted by molar-refractivity contribution is -0.120. The van der Waals surface area contributed by atoms with E-state index in [0.29, 0.717) is 27.5 Å². The van der Waals surface area contributed by atoms with Gasteiger partial charge in [0, 0.05) is 11.4 Å². The number of nitrogens with two attached hydrogens (primary N) is 1. The van der Waals surface area contributed by atoms with Gasteiger partial charge < -0.3 is 25.3 Å². The maximum absolute atomic E-state index is 12.7. The fraction of sp³-hybridized carbons (Fsp3) is 0.350. The Labute approximate surface area is 177 Å². The second-order valence-corrected chi connectivity index (χ2v) is 7.48. The highest BCUT2D eigenvalue weighted by Crippen LogP contribution is 2.30.